The van der Waals surface area contributed by atoms with Gasteiger partial charge in [0.2, 0.25) is 5.91 Å². The Morgan fingerprint density at radius 1 is 1.04 bits per heavy atom. The molecule has 2 N–H and O–H groups in total. The zero-order valence-corrected chi connectivity index (χ0v) is 13.9. The fourth-order valence-electron chi connectivity index (χ4n) is 2.11. The number of nitrogens with zero attached hydrogens (tertiary/aromatic N) is 1. The number of halogens is 1. The highest BCUT2D eigenvalue weighted by Crippen LogP contribution is 2.15. The van der Waals surface area contributed by atoms with E-state index in [1.807, 2.05) is 30.3 Å². The van der Waals surface area contributed by atoms with Gasteiger partial charge in [-0.05, 0) is 29.8 Å². The third kappa shape index (κ3) is 5.93. The van der Waals surface area contributed by atoms with E-state index in [4.69, 9.17) is 22.1 Å². The van der Waals surface area contributed by atoms with Crippen LogP contribution in [0.5, 0.6) is 5.75 Å². The lowest BCUT2D eigenvalue weighted by Crippen LogP contribution is -2.36. The number of benzene rings is 2. The molecule has 0 aliphatic carbocycles. The lowest BCUT2D eigenvalue weighted by Gasteiger charge is -2.22. The highest BCUT2D eigenvalue weighted by Gasteiger charge is 2.15. The van der Waals surface area contributed by atoms with Crippen LogP contribution < -0.4 is 10.5 Å². The summed E-state index contributed by atoms with van der Waals surface area (Å²) in [6.07, 6.45) is 0.111. The second-order valence-corrected chi connectivity index (χ2v) is 5.70. The lowest BCUT2D eigenvalue weighted by molar-refractivity contribution is -0.134. The standard InChI is InChI=1S/C18H19ClN2O3/c19-15-6-8-16(9-7-15)24-13-18(23)21(11-10-17(20)22)12-14-4-2-1-3-5-14/h1-9H,10-13H2,(H2,20,22). The number of carbonyl (C=O) groups excluding carboxylic acids is 2. The van der Waals surface area contributed by atoms with Crippen LogP contribution in [0.4, 0.5) is 0 Å². The van der Waals surface area contributed by atoms with E-state index in [0.29, 0.717) is 17.3 Å². The molecule has 0 bridgehead atoms. The third-order valence-electron chi connectivity index (χ3n) is 3.37. The molecule has 5 nitrogen and oxygen atoms in total. The first-order chi connectivity index (χ1) is 11.5. The minimum absolute atomic E-state index is 0.111. The summed E-state index contributed by atoms with van der Waals surface area (Å²) in [5.74, 6) is -0.100. The Balaban J connectivity index is 1.97. The molecule has 0 aliphatic rings. The van der Waals surface area contributed by atoms with Gasteiger partial charge in [0, 0.05) is 24.5 Å². The Morgan fingerprint density at radius 2 is 1.71 bits per heavy atom. The van der Waals surface area contributed by atoms with Crippen LogP contribution in [0.15, 0.2) is 54.6 Å². The molecule has 2 aromatic rings. The van der Waals surface area contributed by atoms with E-state index in [-0.39, 0.29) is 25.5 Å². The summed E-state index contributed by atoms with van der Waals surface area (Å²) in [6.45, 7) is 0.539. The van der Waals surface area contributed by atoms with E-state index in [2.05, 4.69) is 0 Å². The topological polar surface area (TPSA) is 72.6 Å². The summed E-state index contributed by atoms with van der Waals surface area (Å²) in [6, 6.07) is 16.3. The van der Waals surface area contributed by atoms with Gasteiger partial charge in [-0.1, -0.05) is 41.9 Å². The van der Waals surface area contributed by atoms with Crippen molar-refractivity contribution in [1.82, 2.24) is 4.90 Å². The average molecular weight is 347 g/mol. The maximum absolute atomic E-state index is 12.4. The number of nitrogens with two attached hydrogens (primary N) is 1. The van der Waals surface area contributed by atoms with E-state index in [1.165, 1.54) is 0 Å². The van der Waals surface area contributed by atoms with E-state index in [1.54, 1.807) is 29.2 Å². The monoisotopic (exact) mass is 346 g/mol. The molecule has 2 amide bonds. The molecule has 0 atom stereocenters. The van der Waals surface area contributed by atoms with Crippen LogP contribution in [0.1, 0.15) is 12.0 Å². The minimum atomic E-state index is -0.445. The van der Waals surface area contributed by atoms with Crippen LogP contribution in [-0.4, -0.2) is 29.9 Å². The maximum Gasteiger partial charge on any atom is 0.260 e. The van der Waals surface area contributed by atoms with Gasteiger partial charge in [-0.3, -0.25) is 9.59 Å². The molecule has 0 heterocycles. The zero-order chi connectivity index (χ0) is 17.4. The Morgan fingerprint density at radius 3 is 2.33 bits per heavy atom. The quantitative estimate of drug-likeness (QED) is 0.798. The zero-order valence-electron chi connectivity index (χ0n) is 13.2. The van der Waals surface area contributed by atoms with Crippen LogP contribution in [0, 0.1) is 0 Å². The molecule has 2 rings (SSSR count). The smallest absolute Gasteiger partial charge is 0.260 e. The van der Waals surface area contributed by atoms with Gasteiger partial charge < -0.3 is 15.4 Å². The summed E-state index contributed by atoms with van der Waals surface area (Å²) < 4.78 is 5.48. The number of hydrogen-bond donors (Lipinski definition) is 1. The van der Waals surface area contributed by atoms with Crippen LogP contribution in [0.25, 0.3) is 0 Å². The average Bonchev–Trinajstić information content (AvgIpc) is 2.58. The Labute approximate surface area is 146 Å². The molecule has 24 heavy (non-hydrogen) atoms. The number of hydrogen-bond acceptors (Lipinski definition) is 3. The van der Waals surface area contributed by atoms with Gasteiger partial charge in [0.05, 0.1) is 0 Å². The fraction of sp³-hybridized carbons (Fsp3) is 0.222. The molecule has 0 spiro atoms. The SMILES string of the molecule is NC(=O)CCN(Cc1ccccc1)C(=O)COc1ccc(Cl)cc1. The molecular weight excluding hydrogens is 328 g/mol. The number of primary amides is 1. The van der Waals surface area contributed by atoms with Crippen molar-refractivity contribution in [3.05, 3.63) is 65.2 Å². The van der Waals surface area contributed by atoms with Crippen LogP contribution in [0.3, 0.4) is 0 Å². The van der Waals surface area contributed by atoms with Crippen molar-refractivity contribution in [3.8, 4) is 5.75 Å². The predicted molar refractivity (Wildman–Crippen MR) is 92.6 cm³/mol. The molecule has 2 aromatic carbocycles. The molecule has 126 valence electrons. The highest BCUT2D eigenvalue weighted by atomic mass is 35.5. The van der Waals surface area contributed by atoms with E-state index in [0.717, 1.165) is 5.56 Å². The third-order valence-corrected chi connectivity index (χ3v) is 3.63. The van der Waals surface area contributed by atoms with Crippen molar-refractivity contribution < 1.29 is 14.3 Å². The Hall–Kier alpha value is -2.53. The Kier molecular flexibility index (Phi) is 6.63. The summed E-state index contributed by atoms with van der Waals surface area (Å²) >= 11 is 5.81. The van der Waals surface area contributed by atoms with Gasteiger partial charge in [0.1, 0.15) is 5.75 Å². The van der Waals surface area contributed by atoms with Gasteiger partial charge in [0.15, 0.2) is 6.61 Å². The molecule has 0 fully saturated rings. The molecule has 6 heteroatoms. The first-order valence-corrected chi connectivity index (χ1v) is 7.91. The number of ether oxygens (including phenoxy) is 1. The predicted octanol–water partition coefficient (Wildman–Crippen LogP) is 2.62. The van der Waals surface area contributed by atoms with Crippen molar-refractivity contribution in [2.45, 2.75) is 13.0 Å². The number of carbonyl (C=O) groups is 2. The Bertz CT molecular complexity index is 674. The molecule has 0 saturated carbocycles. The number of rotatable bonds is 8. The molecule has 0 saturated heterocycles. The van der Waals surface area contributed by atoms with Gasteiger partial charge >= 0.3 is 0 Å². The molecule has 0 radical (unpaired) electrons. The van der Waals surface area contributed by atoms with Crippen LogP contribution in [-0.2, 0) is 16.1 Å². The fourth-order valence-corrected chi connectivity index (χ4v) is 2.23. The largest absolute Gasteiger partial charge is 0.484 e. The van der Waals surface area contributed by atoms with Crippen molar-refractivity contribution in [1.29, 1.82) is 0 Å². The van der Waals surface area contributed by atoms with Gasteiger partial charge in [-0.15, -0.1) is 0 Å². The van der Waals surface area contributed by atoms with Crippen LogP contribution in [0.2, 0.25) is 5.02 Å². The first kappa shape index (κ1) is 17.8. The summed E-state index contributed by atoms with van der Waals surface area (Å²) in [7, 11) is 0. The molecule has 0 aliphatic heterocycles. The van der Waals surface area contributed by atoms with Crippen LogP contribution >= 0.6 is 11.6 Å². The second-order valence-electron chi connectivity index (χ2n) is 5.26. The van der Waals surface area contributed by atoms with Crippen molar-refractivity contribution in [3.63, 3.8) is 0 Å². The van der Waals surface area contributed by atoms with Crippen molar-refractivity contribution in [2.24, 2.45) is 5.73 Å². The number of amides is 2. The minimum Gasteiger partial charge on any atom is -0.484 e. The lowest BCUT2D eigenvalue weighted by atomic mass is 10.2. The van der Waals surface area contributed by atoms with Gasteiger partial charge in [0.25, 0.3) is 5.91 Å². The summed E-state index contributed by atoms with van der Waals surface area (Å²) in [5.41, 5.74) is 6.17. The summed E-state index contributed by atoms with van der Waals surface area (Å²) in [4.78, 5) is 25.0. The van der Waals surface area contributed by atoms with Crippen molar-refractivity contribution in [2.75, 3.05) is 13.2 Å². The van der Waals surface area contributed by atoms with Crippen molar-refractivity contribution >= 4 is 23.4 Å². The highest BCUT2D eigenvalue weighted by molar-refractivity contribution is 6.30. The van der Waals surface area contributed by atoms with Gasteiger partial charge in [-0.2, -0.15) is 0 Å². The van der Waals surface area contributed by atoms with E-state index in [9.17, 15) is 9.59 Å². The second kappa shape index (κ2) is 8.93. The summed E-state index contributed by atoms with van der Waals surface area (Å²) in [5, 5.41) is 0.598. The maximum atomic E-state index is 12.4. The normalized spacial score (nSPS) is 10.2. The van der Waals surface area contributed by atoms with E-state index < -0.39 is 5.91 Å². The van der Waals surface area contributed by atoms with E-state index >= 15 is 0 Å². The molecule has 0 aromatic heterocycles. The van der Waals surface area contributed by atoms with Gasteiger partial charge in [-0.25, -0.2) is 0 Å². The molecular formula is C18H19ClN2O3. The first-order valence-electron chi connectivity index (χ1n) is 7.53. The molecule has 0 unspecified atom stereocenters.